The van der Waals surface area contributed by atoms with Crippen molar-refractivity contribution in [2.24, 2.45) is 0 Å². The largest absolute Gasteiger partial charge is 0.354 e. The first-order valence-electron chi connectivity index (χ1n) is 16.5. The minimum Gasteiger partial charge on any atom is -0.354 e. The Bertz CT molecular complexity index is 2450. The van der Waals surface area contributed by atoms with Crippen molar-refractivity contribution in [1.29, 1.82) is 0 Å². The molecule has 8 rings (SSSR count). The molecule has 5 heterocycles. The zero-order chi connectivity index (χ0) is 33.2. The fourth-order valence-corrected chi connectivity index (χ4v) is 6.73. The lowest BCUT2D eigenvalue weighted by Gasteiger charge is -2.07. The Labute approximate surface area is 285 Å². The van der Waals surface area contributed by atoms with E-state index >= 15 is 0 Å². The van der Waals surface area contributed by atoms with Gasteiger partial charge in [-0.25, -0.2) is 9.97 Å². The van der Waals surface area contributed by atoms with Gasteiger partial charge in [-0.15, -0.1) is 0 Å². The van der Waals surface area contributed by atoms with Crippen LogP contribution in [0.5, 0.6) is 0 Å². The van der Waals surface area contributed by atoms with E-state index in [1.54, 1.807) is 6.08 Å². The Hall–Kier alpha value is -6.52. The summed E-state index contributed by atoms with van der Waals surface area (Å²) in [7, 11) is 0. The molecule has 2 aliphatic rings. The van der Waals surface area contributed by atoms with Crippen LogP contribution in [0, 0.1) is 0 Å². The lowest BCUT2D eigenvalue weighted by Crippen LogP contribution is -1.91. The normalized spacial score (nSPS) is 12.6. The van der Waals surface area contributed by atoms with E-state index in [1.165, 1.54) is 0 Å². The molecule has 49 heavy (non-hydrogen) atoms. The second-order valence-corrected chi connectivity index (χ2v) is 11.9. The van der Waals surface area contributed by atoms with E-state index in [-0.39, 0.29) is 0 Å². The van der Waals surface area contributed by atoms with E-state index in [0.717, 1.165) is 89.4 Å². The molecule has 3 aromatic carbocycles. The summed E-state index contributed by atoms with van der Waals surface area (Å²) < 4.78 is 0. The minimum absolute atomic E-state index is 0.879. The Morgan fingerprint density at radius 2 is 0.898 bits per heavy atom. The molecule has 2 aliphatic heterocycles. The summed E-state index contributed by atoms with van der Waals surface area (Å²) >= 11 is 0. The molecule has 6 aromatic rings. The number of allylic oxidation sites excluding steroid dienone is 5. The molecule has 2 N–H and O–H groups in total. The third-order valence-corrected chi connectivity index (χ3v) is 8.95. The molecule has 4 heteroatoms. The van der Waals surface area contributed by atoms with Crippen LogP contribution in [0.4, 0.5) is 0 Å². The van der Waals surface area contributed by atoms with Crippen LogP contribution in [0.3, 0.4) is 0 Å². The van der Waals surface area contributed by atoms with Gasteiger partial charge in [0.15, 0.2) is 0 Å². The number of benzene rings is 3. The molecule has 234 valence electrons. The zero-order valence-corrected chi connectivity index (χ0v) is 27.2. The first-order valence-corrected chi connectivity index (χ1v) is 16.5. The van der Waals surface area contributed by atoms with Crippen molar-refractivity contribution >= 4 is 51.9 Å². The number of aromatic nitrogens is 4. The molecule has 8 bridgehead atoms. The van der Waals surface area contributed by atoms with Crippen LogP contribution < -0.4 is 0 Å². The van der Waals surface area contributed by atoms with E-state index in [4.69, 9.17) is 9.97 Å². The molecule has 0 unspecified atom stereocenters. The standard InChI is InChI=1S/C45H34N4/c1-3-5-15-30(4-2)42-34-22-24-36(46-34)43(31-16-9-6-10-17-31)38-26-28-40(48-38)45(33-20-13-8-14-21-33)41-29-27-39(49-41)44(32-18-11-7-12-19-32)37-25-23-35(42)47-37/h3-29,46,49H,1H2,2H3/b15-5-,30-4+,42-34?,42-35?,43-36?,43-38?,44-37?,44-39?,45-40?,45-41?. The number of nitrogens with zero attached hydrogens (tertiary/aromatic N) is 2. The number of H-pyrrole nitrogens is 2. The molecule has 0 amide bonds. The van der Waals surface area contributed by atoms with Crippen molar-refractivity contribution < 1.29 is 0 Å². The van der Waals surface area contributed by atoms with E-state index in [0.29, 0.717) is 0 Å². The molecule has 4 nitrogen and oxygen atoms in total. The first-order chi connectivity index (χ1) is 24.2. The Balaban J connectivity index is 1.58. The van der Waals surface area contributed by atoms with E-state index < -0.39 is 0 Å². The molecule has 0 atom stereocenters. The van der Waals surface area contributed by atoms with Gasteiger partial charge in [0.05, 0.1) is 22.8 Å². The van der Waals surface area contributed by atoms with Gasteiger partial charge in [-0.3, -0.25) is 0 Å². The van der Waals surface area contributed by atoms with Gasteiger partial charge in [-0.1, -0.05) is 122 Å². The van der Waals surface area contributed by atoms with Crippen molar-refractivity contribution in [2.75, 3.05) is 0 Å². The topological polar surface area (TPSA) is 57.4 Å². The number of fused-ring (bicyclic) bond motifs is 8. The van der Waals surface area contributed by atoms with Gasteiger partial charge < -0.3 is 9.97 Å². The molecule has 0 fully saturated rings. The number of hydrogen-bond donors (Lipinski definition) is 2. The fourth-order valence-electron chi connectivity index (χ4n) is 6.73. The lowest BCUT2D eigenvalue weighted by molar-refractivity contribution is 1.30. The molecular formula is C45H34N4. The van der Waals surface area contributed by atoms with E-state index in [1.807, 2.05) is 24.3 Å². The van der Waals surface area contributed by atoms with Gasteiger partial charge >= 0.3 is 0 Å². The van der Waals surface area contributed by atoms with Crippen LogP contribution in [-0.4, -0.2) is 19.9 Å². The number of nitrogens with one attached hydrogen (secondary N) is 2. The molecule has 0 saturated carbocycles. The summed E-state index contributed by atoms with van der Waals surface area (Å²) in [6.07, 6.45) is 16.5. The van der Waals surface area contributed by atoms with Gasteiger partial charge in [0.2, 0.25) is 0 Å². The molecule has 0 aliphatic carbocycles. The summed E-state index contributed by atoms with van der Waals surface area (Å²) in [6, 6.07) is 40.0. The van der Waals surface area contributed by atoms with Crippen molar-refractivity contribution in [3.05, 3.63) is 174 Å². The maximum absolute atomic E-state index is 5.35. The summed E-state index contributed by atoms with van der Waals surface area (Å²) in [5, 5.41) is 0. The predicted octanol–water partition coefficient (Wildman–Crippen LogP) is 11.8. The van der Waals surface area contributed by atoms with Crippen LogP contribution in [0.1, 0.15) is 35.3 Å². The SMILES string of the molecule is C=C/C=C\C(=C/C)c1c2nc(c(-c3ccccc3)c3ccc([nH]3)c(-c3ccccc3)c3nc(c(-c4ccccc4)c4ccc1[nH]4)C=C3)C=C2. The van der Waals surface area contributed by atoms with Crippen LogP contribution >= 0.6 is 0 Å². The van der Waals surface area contributed by atoms with Crippen molar-refractivity contribution in [1.82, 2.24) is 19.9 Å². The maximum atomic E-state index is 5.35. The average Bonchev–Trinajstić information content (AvgIpc) is 3.99. The number of hydrogen-bond acceptors (Lipinski definition) is 2. The number of rotatable bonds is 6. The second-order valence-electron chi connectivity index (χ2n) is 11.9. The lowest BCUT2D eigenvalue weighted by atomic mass is 10.0. The van der Waals surface area contributed by atoms with Crippen LogP contribution in [0.15, 0.2) is 146 Å². The quantitative estimate of drug-likeness (QED) is 0.180. The third kappa shape index (κ3) is 5.60. The summed E-state index contributed by atoms with van der Waals surface area (Å²) in [4.78, 5) is 18.3. The van der Waals surface area contributed by atoms with Gasteiger partial charge in [0.1, 0.15) is 0 Å². The highest BCUT2D eigenvalue weighted by Crippen LogP contribution is 2.37. The van der Waals surface area contributed by atoms with Crippen molar-refractivity contribution in [3.63, 3.8) is 0 Å². The molecule has 0 saturated heterocycles. The highest BCUT2D eigenvalue weighted by molar-refractivity contribution is 5.99. The highest BCUT2D eigenvalue weighted by Gasteiger charge is 2.18. The summed E-state index contributed by atoms with van der Waals surface area (Å²) in [5.74, 6) is 0. The highest BCUT2D eigenvalue weighted by atomic mass is 14.8. The van der Waals surface area contributed by atoms with Crippen LogP contribution in [0.25, 0.3) is 85.3 Å². The second kappa shape index (κ2) is 12.9. The average molecular weight is 631 g/mol. The third-order valence-electron chi connectivity index (χ3n) is 8.95. The maximum Gasteiger partial charge on any atom is 0.0737 e. The van der Waals surface area contributed by atoms with Crippen LogP contribution in [0.2, 0.25) is 0 Å². The summed E-state index contributed by atoms with van der Waals surface area (Å²) in [6.45, 7) is 5.98. The number of aromatic amines is 2. The van der Waals surface area contributed by atoms with Gasteiger partial charge in [0.25, 0.3) is 0 Å². The smallest absolute Gasteiger partial charge is 0.0737 e. The van der Waals surface area contributed by atoms with Gasteiger partial charge in [0, 0.05) is 44.3 Å². The predicted molar refractivity (Wildman–Crippen MR) is 208 cm³/mol. The first kappa shape index (κ1) is 29.9. The molecule has 0 radical (unpaired) electrons. The minimum atomic E-state index is 0.879. The summed E-state index contributed by atoms with van der Waals surface area (Å²) in [5.41, 5.74) is 15.9. The Morgan fingerprint density at radius 1 is 0.510 bits per heavy atom. The van der Waals surface area contributed by atoms with E-state index in [2.05, 4.69) is 157 Å². The van der Waals surface area contributed by atoms with Crippen molar-refractivity contribution in [2.45, 2.75) is 6.92 Å². The van der Waals surface area contributed by atoms with E-state index in [9.17, 15) is 0 Å². The zero-order valence-electron chi connectivity index (χ0n) is 27.2. The van der Waals surface area contributed by atoms with Crippen molar-refractivity contribution in [3.8, 4) is 33.4 Å². The molecular weight excluding hydrogens is 597 g/mol. The van der Waals surface area contributed by atoms with Gasteiger partial charge in [-0.2, -0.15) is 0 Å². The Morgan fingerprint density at radius 3 is 1.33 bits per heavy atom. The molecule has 3 aromatic heterocycles. The molecule has 0 spiro atoms. The monoisotopic (exact) mass is 630 g/mol. The Kier molecular flexibility index (Phi) is 7.88. The van der Waals surface area contributed by atoms with Crippen LogP contribution in [-0.2, 0) is 0 Å². The fraction of sp³-hybridized carbons (Fsp3) is 0.0222. The van der Waals surface area contributed by atoms with Gasteiger partial charge in [-0.05, 0) is 77.8 Å².